The summed E-state index contributed by atoms with van der Waals surface area (Å²) < 4.78 is 0. The van der Waals surface area contributed by atoms with Gasteiger partial charge in [0.05, 0.1) is 5.92 Å². The largest absolute Gasteiger partial charge is 0.481 e. The molecule has 1 aliphatic rings. The molecule has 86 valence electrons. The zero-order valence-corrected chi connectivity index (χ0v) is 9.68. The molecule has 2 aromatic rings. The number of aliphatic carboxylic acids is 1. The van der Waals surface area contributed by atoms with E-state index in [2.05, 4.69) is 31.2 Å². The molecule has 0 amide bonds. The maximum atomic E-state index is 10.9. The smallest absolute Gasteiger partial charge is 0.307 e. The molecule has 1 aliphatic carbocycles. The molecule has 0 unspecified atom stereocenters. The quantitative estimate of drug-likeness (QED) is 0.852. The summed E-state index contributed by atoms with van der Waals surface area (Å²) in [6, 6.07) is 12.4. The van der Waals surface area contributed by atoms with Crippen molar-refractivity contribution >= 4 is 16.7 Å². The second kappa shape index (κ2) is 3.59. The van der Waals surface area contributed by atoms with Crippen LogP contribution < -0.4 is 0 Å². The van der Waals surface area contributed by atoms with E-state index in [0.717, 1.165) is 6.42 Å². The van der Waals surface area contributed by atoms with Crippen LogP contribution in [0.5, 0.6) is 0 Å². The van der Waals surface area contributed by atoms with Crippen LogP contribution in [0.4, 0.5) is 0 Å². The van der Waals surface area contributed by atoms with Crippen LogP contribution in [0.3, 0.4) is 0 Å². The van der Waals surface area contributed by atoms with Gasteiger partial charge in [-0.1, -0.05) is 36.4 Å². The van der Waals surface area contributed by atoms with Crippen molar-refractivity contribution in [3.05, 3.63) is 47.5 Å². The van der Waals surface area contributed by atoms with E-state index in [0.29, 0.717) is 0 Å². The zero-order valence-electron chi connectivity index (χ0n) is 9.68. The molecule has 2 atom stereocenters. The molecule has 2 nitrogen and oxygen atoms in total. The van der Waals surface area contributed by atoms with Gasteiger partial charge in [-0.05, 0) is 41.2 Å². The molecular formula is C15H14O2. The molecule has 0 aliphatic heterocycles. The first kappa shape index (κ1) is 10.3. The minimum atomic E-state index is -0.667. The number of benzene rings is 2. The van der Waals surface area contributed by atoms with Crippen LogP contribution in [0.15, 0.2) is 36.4 Å². The fourth-order valence-electron chi connectivity index (χ4n) is 2.61. The second-order valence-electron chi connectivity index (χ2n) is 4.80. The third kappa shape index (κ3) is 1.60. The standard InChI is InChI=1S/C15H14O2/c1-9-6-7-12(13-8-14(13)15(16)17)11-5-3-2-4-10(9)11/h2-7,13-14H,8H2,1H3,(H,16,17)/t13-,14+/m0/s1. The normalized spacial score (nSPS) is 22.6. The van der Waals surface area contributed by atoms with Crippen molar-refractivity contribution in [3.63, 3.8) is 0 Å². The maximum absolute atomic E-state index is 10.9. The lowest BCUT2D eigenvalue weighted by Crippen LogP contribution is -1.99. The van der Waals surface area contributed by atoms with Gasteiger partial charge >= 0.3 is 5.97 Å². The van der Waals surface area contributed by atoms with E-state index >= 15 is 0 Å². The highest BCUT2D eigenvalue weighted by Crippen LogP contribution is 2.49. The molecule has 1 N–H and O–H groups in total. The summed E-state index contributed by atoms with van der Waals surface area (Å²) in [5, 5.41) is 11.5. The average molecular weight is 226 g/mol. The molecule has 2 heteroatoms. The van der Waals surface area contributed by atoms with Gasteiger partial charge in [-0.25, -0.2) is 0 Å². The van der Waals surface area contributed by atoms with E-state index < -0.39 is 5.97 Å². The van der Waals surface area contributed by atoms with Crippen molar-refractivity contribution in [2.45, 2.75) is 19.3 Å². The predicted octanol–water partition coefficient (Wildman–Crippen LogP) is 3.34. The highest BCUT2D eigenvalue weighted by molar-refractivity contribution is 5.90. The molecule has 17 heavy (non-hydrogen) atoms. The first-order chi connectivity index (χ1) is 8.18. The molecule has 3 rings (SSSR count). The fourth-order valence-corrected chi connectivity index (χ4v) is 2.61. The Hall–Kier alpha value is -1.83. The number of carboxylic acids is 1. The zero-order chi connectivity index (χ0) is 12.0. The van der Waals surface area contributed by atoms with Crippen LogP contribution in [0, 0.1) is 12.8 Å². The van der Waals surface area contributed by atoms with E-state index in [9.17, 15) is 4.79 Å². The Labute approximate surface area is 99.9 Å². The second-order valence-corrected chi connectivity index (χ2v) is 4.80. The Morgan fingerprint density at radius 2 is 1.88 bits per heavy atom. The summed E-state index contributed by atoms with van der Waals surface area (Å²) in [4.78, 5) is 10.9. The maximum Gasteiger partial charge on any atom is 0.307 e. The van der Waals surface area contributed by atoms with Crippen LogP contribution in [0.1, 0.15) is 23.5 Å². The van der Waals surface area contributed by atoms with Gasteiger partial charge in [0, 0.05) is 0 Å². The van der Waals surface area contributed by atoms with Gasteiger partial charge in [0.1, 0.15) is 0 Å². The third-order valence-electron chi connectivity index (χ3n) is 3.68. The lowest BCUT2D eigenvalue weighted by Gasteiger charge is -2.08. The van der Waals surface area contributed by atoms with Crippen molar-refractivity contribution in [3.8, 4) is 0 Å². The molecule has 0 aromatic heterocycles. The van der Waals surface area contributed by atoms with Gasteiger partial charge in [0.25, 0.3) is 0 Å². The van der Waals surface area contributed by atoms with Crippen LogP contribution in [0.25, 0.3) is 10.8 Å². The minimum Gasteiger partial charge on any atom is -0.481 e. The lowest BCUT2D eigenvalue weighted by molar-refractivity contribution is -0.138. The fraction of sp³-hybridized carbons (Fsp3) is 0.267. The number of fused-ring (bicyclic) bond motifs is 1. The van der Waals surface area contributed by atoms with Crippen molar-refractivity contribution in [1.82, 2.24) is 0 Å². The number of carbonyl (C=O) groups is 1. The SMILES string of the molecule is Cc1ccc([C@@H]2C[C@H]2C(=O)O)c2ccccc12. The highest BCUT2D eigenvalue weighted by Gasteiger charge is 2.44. The summed E-state index contributed by atoms with van der Waals surface area (Å²) >= 11 is 0. The molecule has 0 spiro atoms. The number of rotatable bonds is 2. The molecule has 0 heterocycles. The number of hydrogen-bond acceptors (Lipinski definition) is 1. The van der Waals surface area contributed by atoms with Gasteiger partial charge in [-0.3, -0.25) is 4.79 Å². The number of hydrogen-bond donors (Lipinski definition) is 1. The Morgan fingerprint density at radius 1 is 1.18 bits per heavy atom. The molecule has 1 fully saturated rings. The van der Waals surface area contributed by atoms with Gasteiger partial charge in [0.15, 0.2) is 0 Å². The van der Waals surface area contributed by atoms with Gasteiger partial charge in [0.2, 0.25) is 0 Å². The molecule has 0 radical (unpaired) electrons. The van der Waals surface area contributed by atoms with E-state index in [1.807, 2.05) is 12.1 Å². The minimum absolute atomic E-state index is 0.180. The van der Waals surface area contributed by atoms with E-state index in [1.54, 1.807) is 0 Å². The topological polar surface area (TPSA) is 37.3 Å². The molecule has 0 saturated heterocycles. The lowest BCUT2D eigenvalue weighted by atomic mass is 9.97. The van der Waals surface area contributed by atoms with Gasteiger partial charge in [-0.15, -0.1) is 0 Å². The van der Waals surface area contributed by atoms with Crippen LogP contribution in [0.2, 0.25) is 0 Å². The average Bonchev–Trinajstić information content (AvgIpc) is 3.10. The van der Waals surface area contributed by atoms with Crippen LogP contribution in [-0.4, -0.2) is 11.1 Å². The summed E-state index contributed by atoms with van der Waals surface area (Å²) in [7, 11) is 0. The van der Waals surface area contributed by atoms with Crippen molar-refractivity contribution in [2.24, 2.45) is 5.92 Å². The van der Waals surface area contributed by atoms with Gasteiger partial charge in [-0.2, -0.15) is 0 Å². The summed E-state index contributed by atoms with van der Waals surface area (Å²) in [5.74, 6) is -0.640. The van der Waals surface area contributed by atoms with Crippen LogP contribution >= 0.6 is 0 Å². The number of carboxylic acid groups (broad SMARTS) is 1. The summed E-state index contributed by atoms with van der Waals surface area (Å²) in [5.41, 5.74) is 2.44. The first-order valence-corrected chi connectivity index (χ1v) is 5.89. The van der Waals surface area contributed by atoms with E-state index in [-0.39, 0.29) is 11.8 Å². The third-order valence-corrected chi connectivity index (χ3v) is 3.68. The Morgan fingerprint density at radius 3 is 2.53 bits per heavy atom. The van der Waals surface area contributed by atoms with Crippen molar-refractivity contribution < 1.29 is 9.90 Å². The molecule has 2 aromatic carbocycles. The summed E-state index contributed by atoms with van der Waals surface area (Å²) in [6.45, 7) is 2.09. The number of aryl methyl sites for hydroxylation is 1. The Kier molecular flexibility index (Phi) is 2.18. The van der Waals surface area contributed by atoms with Crippen molar-refractivity contribution in [1.29, 1.82) is 0 Å². The first-order valence-electron chi connectivity index (χ1n) is 5.89. The highest BCUT2D eigenvalue weighted by atomic mass is 16.4. The Bertz CT molecular complexity index is 601. The predicted molar refractivity (Wildman–Crippen MR) is 67.2 cm³/mol. The Balaban J connectivity index is 2.13. The van der Waals surface area contributed by atoms with Crippen LogP contribution in [-0.2, 0) is 4.79 Å². The van der Waals surface area contributed by atoms with Crippen molar-refractivity contribution in [2.75, 3.05) is 0 Å². The molecular weight excluding hydrogens is 212 g/mol. The van der Waals surface area contributed by atoms with E-state index in [4.69, 9.17) is 5.11 Å². The van der Waals surface area contributed by atoms with E-state index in [1.165, 1.54) is 21.9 Å². The monoisotopic (exact) mass is 226 g/mol. The van der Waals surface area contributed by atoms with Gasteiger partial charge < -0.3 is 5.11 Å². The molecule has 1 saturated carbocycles. The molecule has 0 bridgehead atoms. The summed E-state index contributed by atoms with van der Waals surface area (Å²) in [6.07, 6.45) is 0.780.